The van der Waals surface area contributed by atoms with Crippen LogP contribution < -0.4 is 10.1 Å². The minimum atomic E-state index is -0.113. The topological polar surface area (TPSA) is 72.3 Å². The minimum absolute atomic E-state index is 0.113. The number of urea groups is 1. The van der Waals surface area contributed by atoms with E-state index in [1.165, 1.54) is 0 Å². The molecule has 22 heavy (non-hydrogen) atoms. The molecule has 1 atom stereocenters. The van der Waals surface area contributed by atoms with Crippen molar-refractivity contribution in [1.29, 1.82) is 0 Å². The van der Waals surface area contributed by atoms with Crippen molar-refractivity contribution in [1.82, 2.24) is 19.7 Å². The lowest BCUT2D eigenvalue weighted by atomic mass is 10.3. The van der Waals surface area contributed by atoms with Gasteiger partial charge >= 0.3 is 6.03 Å². The van der Waals surface area contributed by atoms with Gasteiger partial charge in [0.25, 0.3) is 0 Å². The summed E-state index contributed by atoms with van der Waals surface area (Å²) in [6.07, 6.45) is 6.35. The molecule has 3 heterocycles. The third kappa shape index (κ3) is 3.03. The summed E-state index contributed by atoms with van der Waals surface area (Å²) in [6.45, 7) is 3.40. The molecule has 1 aliphatic heterocycles. The Bertz CT molecular complexity index is 652. The SMILES string of the molecule is COc1ccc(NC(=O)N2CCC(n3cc(C)cn3)C2)cn1. The number of aryl methyl sites for hydroxylation is 1. The second-order valence-corrected chi connectivity index (χ2v) is 5.41. The number of hydrogen-bond donors (Lipinski definition) is 1. The summed E-state index contributed by atoms with van der Waals surface area (Å²) in [7, 11) is 1.56. The Balaban J connectivity index is 1.59. The molecule has 2 aromatic rings. The van der Waals surface area contributed by atoms with E-state index >= 15 is 0 Å². The number of carbonyl (C=O) groups excluding carboxylic acids is 1. The van der Waals surface area contributed by atoms with Gasteiger partial charge in [-0.25, -0.2) is 9.78 Å². The van der Waals surface area contributed by atoms with Crippen LogP contribution in [-0.2, 0) is 0 Å². The van der Waals surface area contributed by atoms with Crippen LogP contribution in [0.2, 0.25) is 0 Å². The lowest BCUT2D eigenvalue weighted by molar-refractivity contribution is 0.220. The number of carbonyl (C=O) groups is 1. The second kappa shape index (κ2) is 6.05. The standard InChI is InChI=1S/C15H19N5O2/c1-11-7-17-20(9-11)13-5-6-19(10-13)15(21)18-12-3-4-14(22-2)16-8-12/h3-4,7-9,13H,5-6,10H2,1-2H3,(H,18,21). The van der Waals surface area contributed by atoms with E-state index in [9.17, 15) is 4.79 Å². The van der Waals surface area contributed by atoms with E-state index in [1.807, 2.05) is 24.0 Å². The molecule has 0 spiro atoms. The molecule has 1 aliphatic rings. The average Bonchev–Trinajstić information content (AvgIpc) is 3.16. The highest BCUT2D eigenvalue weighted by Crippen LogP contribution is 2.22. The van der Waals surface area contributed by atoms with E-state index in [0.717, 1.165) is 18.5 Å². The molecule has 1 unspecified atom stereocenters. The summed E-state index contributed by atoms with van der Waals surface area (Å²) >= 11 is 0. The number of aromatic nitrogens is 3. The molecule has 7 heteroatoms. The van der Waals surface area contributed by atoms with E-state index in [2.05, 4.69) is 15.4 Å². The molecule has 0 aromatic carbocycles. The van der Waals surface area contributed by atoms with Gasteiger partial charge in [-0.15, -0.1) is 0 Å². The average molecular weight is 301 g/mol. The van der Waals surface area contributed by atoms with Crippen LogP contribution in [0.5, 0.6) is 5.88 Å². The number of anilines is 1. The van der Waals surface area contributed by atoms with Gasteiger partial charge in [0.15, 0.2) is 0 Å². The maximum atomic E-state index is 12.3. The van der Waals surface area contributed by atoms with Gasteiger partial charge in [0.1, 0.15) is 0 Å². The second-order valence-electron chi connectivity index (χ2n) is 5.41. The van der Waals surface area contributed by atoms with Gasteiger partial charge in [-0.1, -0.05) is 0 Å². The fraction of sp³-hybridized carbons (Fsp3) is 0.400. The first-order valence-electron chi connectivity index (χ1n) is 7.22. The van der Waals surface area contributed by atoms with Crippen molar-refractivity contribution in [2.24, 2.45) is 0 Å². The van der Waals surface area contributed by atoms with Crippen molar-refractivity contribution < 1.29 is 9.53 Å². The van der Waals surface area contributed by atoms with Crippen molar-refractivity contribution in [3.05, 3.63) is 36.3 Å². The molecule has 0 bridgehead atoms. The van der Waals surface area contributed by atoms with Crippen molar-refractivity contribution in [2.75, 3.05) is 25.5 Å². The summed E-state index contributed by atoms with van der Waals surface area (Å²) in [6, 6.07) is 3.62. The third-order valence-corrected chi connectivity index (χ3v) is 3.75. The van der Waals surface area contributed by atoms with Crippen LogP contribution in [0.3, 0.4) is 0 Å². The highest BCUT2D eigenvalue weighted by Gasteiger charge is 2.27. The van der Waals surface area contributed by atoms with Gasteiger partial charge in [0, 0.05) is 25.4 Å². The van der Waals surface area contributed by atoms with Crippen LogP contribution in [0.25, 0.3) is 0 Å². The quantitative estimate of drug-likeness (QED) is 0.942. The zero-order chi connectivity index (χ0) is 15.5. The van der Waals surface area contributed by atoms with Crippen molar-refractivity contribution >= 4 is 11.7 Å². The number of hydrogen-bond acceptors (Lipinski definition) is 4. The maximum Gasteiger partial charge on any atom is 0.321 e. The molecule has 0 saturated carbocycles. The lowest BCUT2D eigenvalue weighted by Crippen LogP contribution is -2.33. The Morgan fingerprint density at radius 1 is 1.41 bits per heavy atom. The van der Waals surface area contributed by atoms with Crippen molar-refractivity contribution in [3.8, 4) is 5.88 Å². The van der Waals surface area contributed by atoms with Gasteiger partial charge in [-0.05, 0) is 25.0 Å². The summed E-state index contributed by atoms with van der Waals surface area (Å²) in [5, 5.41) is 7.18. The summed E-state index contributed by atoms with van der Waals surface area (Å²) in [4.78, 5) is 18.1. The largest absolute Gasteiger partial charge is 0.481 e. The molecule has 3 rings (SSSR count). The number of amides is 2. The van der Waals surface area contributed by atoms with Crippen molar-refractivity contribution in [3.63, 3.8) is 0 Å². The van der Waals surface area contributed by atoms with Crippen LogP contribution in [-0.4, -0.2) is 45.9 Å². The molecule has 116 valence electrons. The Labute approximate surface area is 128 Å². The van der Waals surface area contributed by atoms with Crippen LogP contribution in [0.4, 0.5) is 10.5 Å². The van der Waals surface area contributed by atoms with E-state index in [4.69, 9.17) is 4.74 Å². The minimum Gasteiger partial charge on any atom is -0.481 e. The molecule has 2 amide bonds. The van der Waals surface area contributed by atoms with Gasteiger partial charge in [-0.2, -0.15) is 5.10 Å². The van der Waals surface area contributed by atoms with Gasteiger partial charge < -0.3 is 15.0 Å². The number of nitrogens with one attached hydrogen (secondary N) is 1. The normalized spacial score (nSPS) is 17.5. The molecule has 7 nitrogen and oxygen atoms in total. The Morgan fingerprint density at radius 3 is 2.91 bits per heavy atom. The summed E-state index contributed by atoms with van der Waals surface area (Å²) in [5.41, 5.74) is 1.79. The molecular formula is C15H19N5O2. The zero-order valence-corrected chi connectivity index (χ0v) is 12.7. The van der Waals surface area contributed by atoms with Gasteiger partial charge in [-0.3, -0.25) is 4.68 Å². The highest BCUT2D eigenvalue weighted by atomic mass is 16.5. The molecular weight excluding hydrogens is 282 g/mol. The molecule has 1 fully saturated rings. The Hall–Kier alpha value is -2.57. The molecule has 1 N–H and O–H groups in total. The molecule has 2 aromatic heterocycles. The first-order chi connectivity index (χ1) is 10.7. The third-order valence-electron chi connectivity index (χ3n) is 3.75. The number of nitrogens with zero attached hydrogens (tertiary/aromatic N) is 4. The summed E-state index contributed by atoms with van der Waals surface area (Å²) in [5.74, 6) is 0.522. The van der Waals surface area contributed by atoms with Crippen LogP contribution in [0.1, 0.15) is 18.0 Å². The van der Waals surface area contributed by atoms with Gasteiger partial charge in [0.05, 0.1) is 31.2 Å². The number of pyridine rings is 1. The first-order valence-corrected chi connectivity index (χ1v) is 7.22. The first kappa shape index (κ1) is 14.4. The van der Waals surface area contributed by atoms with E-state index < -0.39 is 0 Å². The highest BCUT2D eigenvalue weighted by molar-refractivity contribution is 5.89. The zero-order valence-electron chi connectivity index (χ0n) is 12.7. The number of likely N-dealkylation sites (tertiary alicyclic amines) is 1. The Morgan fingerprint density at radius 2 is 2.27 bits per heavy atom. The smallest absolute Gasteiger partial charge is 0.321 e. The van der Waals surface area contributed by atoms with E-state index in [0.29, 0.717) is 18.1 Å². The van der Waals surface area contributed by atoms with E-state index in [1.54, 1.807) is 30.3 Å². The number of ether oxygens (including phenoxy) is 1. The van der Waals surface area contributed by atoms with Crippen LogP contribution in [0.15, 0.2) is 30.7 Å². The number of rotatable bonds is 3. The summed E-state index contributed by atoms with van der Waals surface area (Å²) < 4.78 is 6.94. The maximum absolute atomic E-state index is 12.3. The fourth-order valence-electron chi connectivity index (χ4n) is 2.55. The predicted molar refractivity (Wildman–Crippen MR) is 82.0 cm³/mol. The fourth-order valence-corrected chi connectivity index (χ4v) is 2.55. The van der Waals surface area contributed by atoms with Crippen molar-refractivity contribution in [2.45, 2.75) is 19.4 Å². The van der Waals surface area contributed by atoms with Crippen LogP contribution >= 0.6 is 0 Å². The van der Waals surface area contributed by atoms with E-state index in [-0.39, 0.29) is 12.1 Å². The number of methoxy groups -OCH3 is 1. The molecule has 0 aliphatic carbocycles. The Kier molecular flexibility index (Phi) is 3.95. The molecule has 1 saturated heterocycles. The van der Waals surface area contributed by atoms with Crippen LogP contribution in [0, 0.1) is 6.92 Å². The lowest BCUT2D eigenvalue weighted by Gasteiger charge is -2.17. The monoisotopic (exact) mass is 301 g/mol. The predicted octanol–water partition coefficient (Wildman–Crippen LogP) is 2.07. The molecule has 0 radical (unpaired) electrons. The van der Waals surface area contributed by atoms with Gasteiger partial charge in [0.2, 0.25) is 5.88 Å².